The first kappa shape index (κ1) is 13.5. The van der Waals surface area contributed by atoms with Crippen LogP contribution in [0.2, 0.25) is 0 Å². The predicted molar refractivity (Wildman–Crippen MR) is 68.2 cm³/mol. The monoisotopic (exact) mass is 265 g/mol. The minimum Gasteiger partial charge on any atom is -0.481 e. The molecule has 2 rings (SSSR count). The fraction of sp³-hybridized carbons (Fsp3) is 0.429. The van der Waals surface area contributed by atoms with Crippen LogP contribution < -0.4 is 5.32 Å². The van der Waals surface area contributed by atoms with Crippen molar-refractivity contribution in [3.8, 4) is 0 Å². The van der Waals surface area contributed by atoms with Crippen molar-refractivity contribution in [2.45, 2.75) is 26.2 Å². The molecule has 0 saturated heterocycles. The summed E-state index contributed by atoms with van der Waals surface area (Å²) in [6.07, 6.45) is 1.76. The predicted octanol–water partition coefficient (Wildman–Crippen LogP) is 2.57. The quantitative estimate of drug-likeness (QED) is 0.882. The Morgan fingerprint density at radius 3 is 2.68 bits per heavy atom. The van der Waals surface area contributed by atoms with Crippen LogP contribution in [-0.2, 0) is 9.59 Å². The Kier molecular flexibility index (Phi) is 3.83. The molecule has 5 heteroatoms. The van der Waals surface area contributed by atoms with Crippen LogP contribution in [0, 0.1) is 24.6 Å². The van der Waals surface area contributed by atoms with E-state index >= 15 is 0 Å². The van der Waals surface area contributed by atoms with Crippen molar-refractivity contribution in [3.63, 3.8) is 0 Å². The van der Waals surface area contributed by atoms with Gasteiger partial charge in [0.2, 0.25) is 5.91 Å². The van der Waals surface area contributed by atoms with Crippen molar-refractivity contribution >= 4 is 17.6 Å². The van der Waals surface area contributed by atoms with Crippen molar-refractivity contribution < 1.29 is 19.1 Å². The van der Waals surface area contributed by atoms with Crippen molar-refractivity contribution in [2.24, 2.45) is 11.8 Å². The Hall–Kier alpha value is -1.91. The van der Waals surface area contributed by atoms with Gasteiger partial charge < -0.3 is 10.4 Å². The first-order chi connectivity index (χ1) is 8.99. The summed E-state index contributed by atoms with van der Waals surface area (Å²) in [5.41, 5.74) is 0.943. The fourth-order valence-corrected chi connectivity index (χ4v) is 2.53. The number of carboxylic acid groups (broad SMARTS) is 1. The Morgan fingerprint density at radius 1 is 1.32 bits per heavy atom. The van der Waals surface area contributed by atoms with E-state index in [4.69, 9.17) is 5.11 Å². The Balaban J connectivity index is 2.12. The third-order valence-electron chi connectivity index (χ3n) is 3.55. The number of carboxylic acids is 1. The molecule has 2 N–H and O–H groups in total. The molecule has 0 aliphatic heterocycles. The molecule has 1 aromatic carbocycles. The van der Waals surface area contributed by atoms with Crippen LogP contribution in [0.25, 0.3) is 0 Å². The van der Waals surface area contributed by atoms with Crippen LogP contribution >= 0.6 is 0 Å². The molecular weight excluding hydrogens is 249 g/mol. The van der Waals surface area contributed by atoms with Gasteiger partial charge in [-0.15, -0.1) is 0 Å². The summed E-state index contributed by atoms with van der Waals surface area (Å²) < 4.78 is 13.5. The lowest BCUT2D eigenvalue weighted by atomic mass is 9.95. The number of anilines is 1. The highest BCUT2D eigenvalue weighted by Gasteiger charge is 2.37. The second kappa shape index (κ2) is 5.38. The first-order valence-electron chi connectivity index (χ1n) is 6.29. The van der Waals surface area contributed by atoms with E-state index in [1.807, 2.05) is 0 Å². The van der Waals surface area contributed by atoms with Crippen LogP contribution in [-0.4, -0.2) is 17.0 Å². The molecule has 0 aromatic heterocycles. The number of carbonyl (C=O) groups excluding carboxylic acids is 1. The lowest BCUT2D eigenvalue weighted by molar-refractivity contribution is -0.145. The topological polar surface area (TPSA) is 66.4 Å². The molecule has 0 spiro atoms. The third kappa shape index (κ3) is 2.92. The van der Waals surface area contributed by atoms with Crippen LogP contribution in [0.5, 0.6) is 0 Å². The number of amides is 1. The van der Waals surface area contributed by atoms with Crippen molar-refractivity contribution in [3.05, 3.63) is 29.6 Å². The van der Waals surface area contributed by atoms with Gasteiger partial charge in [-0.3, -0.25) is 9.59 Å². The van der Waals surface area contributed by atoms with Crippen molar-refractivity contribution in [1.82, 2.24) is 0 Å². The maximum atomic E-state index is 13.5. The summed E-state index contributed by atoms with van der Waals surface area (Å²) in [7, 11) is 0. The molecule has 1 aliphatic rings. The van der Waals surface area contributed by atoms with Gasteiger partial charge in [0.1, 0.15) is 5.82 Å². The Labute approximate surface area is 110 Å². The summed E-state index contributed by atoms with van der Waals surface area (Å²) >= 11 is 0. The molecule has 1 aromatic rings. The molecule has 1 saturated carbocycles. The van der Waals surface area contributed by atoms with Gasteiger partial charge in [0.05, 0.1) is 17.5 Å². The highest BCUT2D eigenvalue weighted by Crippen LogP contribution is 2.33. The zero-order valence-corrected chi connectivity index (χ0v) is 10.6. The first-order valence-corrected chi connectivity index (χ1v) is 6.29. The zero-order valence-electron chi connectivity index (χ0n) is 10.6. The molecule has 19 heavy (non-hydrogen) atoms. The number of carbonyl (C=O) groups is 2. The maximum absolute atomic E-state index is 13.5. The van der Waals surface area contributed by atoms with E-state index in [1.165, 1.54) is 12.1 Å². The number of hydrogen-bond donors (Lipinski definition) is 2. The molecular formula is C14H16FNO3. The molecule has 102 valence electrons. The minimum atomic E-state index is -0.956. The maximum Gasteiger partial charge on any atom is 0.307 e. The van der Waals surface area contributed by atoms with Crippen LogP contribution in [0.4, 0.5) is 10.1 Å². The fourth-order valence-electron chi connectivity index (χ4n) is 2.53. The Morgan fingerprint density at radius 2 is 2.00 bits per heavy atom. The van der Waals surface area contributed by atoms with Gasteiger partial charge in [-0.2, -0.15) is 0 Å². The molecule has 1 amide bonds. The molecule has 0 radical (unpaired) electrons. The van der Waals surface area contributed by atoms with E-state index < -0.39 is 29.5 Å². The van der Waals surface area contributed by atoms with E-state index in [2.05, 4.69) is 5.32 Å². The highest BCUT2D eigenvalue weighted by atomic mass is 19.1. The number of nitrogens with one attached hydrogen (secondary N) is 1. The SMILES string of the molecule is Cc1ccc(F)c(NC(=O)C2CCCC2C(=O)O)c1. The molecule has 2 atom stereocenters. The lowest BCUT2D eigenvalue weighted by Gasteiger charge is -2.16. The number of benzene rings is 1. The molecule has 2 unspecified atom stereocenters. The number of halogens is 1. The highest BCUT2D eigenvalue weighted by molar-refractivity contribution is 5.95. The molecule has 0 heterocycles. The summed E-state index contributed by atoms with van der Waals surface area (Å²) in [6.45, 7) is 1.80. The van der Waals surface area contributed by atoms with Crippen molar-refractivity contribution in [1.29, 1.82) is 0 Å². The number of aryl methyl sites for hydroxylation is 1. The van der Waals surface area contributed by atoms with E-state index in [9.17, 15) is 14.0 Å². The van der Waals surface area contributed by atoms with Gasteiger partial charge in [-0.25, -0.2) is 4.39 Å². The standard InChI is InChI=1S/C14H16FNO3/c1-8-5-6-11(15)12(7-8)16-13(17)9-3-2-4-10(9)14(18)19/h5-7,9-10H,2-4H2,1H3,(H,16,17)(H,18,19). The van der Waals surface area contributed by atoms with Crippen LogP contribution in [0.1, 0.15) is 24.8 Å². The van der Waals surface area contributed by atoms with Gasteiger partial charge in [0.15, 0.2) is 0 Å². The Bertz CT molecular complexity index is 515. The molecule has 1 fully saturated rings. The van der Waals surface area contributed by atoms with Gasteiger partial charge in [0, 0.05) is 0 Å². The average Bonchev–Trinajstić information content (AvgIpc) is 2.83. The van der Waals surface area contributed by atoms with Crippen molar-refractivity contribution in [2.75, 3.05) is 5.32 Å². The summed E-state index contributed by atoms with van der Waals surface area (Å²) in [5, 5.41) is 11.5. The number of hydrogen-bond acceptors (Lipinski definition) is 2. The summed E-state index contributed by atoms with van der Waals surface area (Å²) in [6, 6.07) is 4.44. The molecule has 1 aliphatic carbocycles. The van der Waals surface area contributed by atoms with E-state index in [0.29, 0.717) is 19.3 Å². The zero-order chi connectivity index (χ0) is 14.0. The van der Waals surface area contributed by atoms with Crippen LogP contribution in [0.15, 0.2) is 18.2 Å². The van der Waals surface area contributed by atoms with Gasteiger partial charge in [-0.1, -0.05) is 12.5 Å². The second-order valence-corrected chi connectivity index (χ2v) is 4.95. The summed E-state index contributed by atoms with van der Waals surface area (Å²) in [5.74, 6) is -3.11. The summed E-state index contributed by atoms with van der Waals surface area (Å²) in [4.78, 5) is 23.1. The van der Waals surface area contributed by atoms with Gasteiger partial charge in [-0.05, 0) is 37.5 Å². The third-order valence-corrected chi connectivity index (χ3v) is 3.55. The second-order valence-electron chi connectivity index (χ2n) is 4.95. The van der Waals surface area contributed by atoms with E-state index in [1.54, 1.807) is 13.0 Å². The van der Waals surface area contributed by atoms with Gasteiger partial charge in [0.25, 0.3) is 0 Å². The number of rotatable bonds is 3. The van der Waals surface area contributed by atoms with Crippen LogP contribution in [0.3, 0.4) is 0 Å². The average molecular weight is 265 g/mol. The largest absolute Gasteiger partial charge is 0.481 e. The van der Waals surface area contributed by atoms with E-state index in [-0.39, 0.29) is 5.69 Å². The lowest BCUT2D eigenvalue weighted by Crippen LogP contribution is -2.30. The number of aliphatic carboxylic acids is 1. The van der Waals surface area contributed by atoms with E-state index in [0.717, 1.165) is 5.56 Å². The minimum absolute atomic E-state index is 0.112. The molecule has 4 nitrogen and oxygen atoms in total. The van der Waals surface area contributed by atoms with Gasteiger partial charge >= 0.3 is 5.97 Å². The smallest absolute Gasteiger partial charge is 0.307 e. The molecule has 0 bridgehead atoms. The normalized spacial score (nSPS) is 22.2.